The van der Waals surface area contributed by atoms with Gasteiger partial charge in [0.05, 0.1) is 37.9 Å². The Hall–Kier alpha value is -2.78. The minimum Gasteiger partial charge on any atom is -0.492 e. The lowest BCUT2D eigenvalue weighted by atomic mass is 9.95. The highest BCUT2D eigenvalue weighted by molar-refractivity contribution is 5.71. The van der Waals surface area contributed by atoms with Crippen LogP contribution in [0.25, 0.3) is 0 Å². The number of benzene rings is 2. The van der Waals surface area contributed by atoms with Crippen molar-refractivity contribution in [3.8, 4) is 11.5 Å². The molecule has 3 aliphatic rings. The number of fused-ring (bicyclic) bond motifs is 2. The molecule has 2 aromatic carbocycles. The molecule has 0 amide bonds. The van der Waals surface area contributed by atoms with Crippen molar-refractivity contribution in [3.05, 3.63) is 58.1 Å². The number of alkyl halides is 3. The van der Waals surface area contributed by atoms with Crippen LogP contribution in [-0.2, 0) is 33.4 Å². The van der Waals surface area contributed by atoms with Crippen molar-refractivity contribution in [1.82, 2.24) is 4.90 Å². The lowest BCUT2D eigenvalue weighted by Gasteiger charge is -2.36. The number of esters is 1. The highest BCUT2D eigenvalue weighted by atomic mass is 19.4. The van der Waals surface area contributed by atoms with Crippen LogP contribution in [0.4, 0.5) is 13.2 Å². The Kier molecular flexibility index (Phi) is 7.11. The molecular formula is C28H32F3NO5. The second-order valence-electron chi connectivity index (χ2n) is 10.2. The van der Waals surface area contributed by atoms with Gasteiger partial charge in [-0.15, -0.1) is 0 Å². The zero-order chi connectivity index (χ0) is 26.3. The van der Waals surface area contributed by atoms with Gasteiger partial charge in [-0.25, -0.2) is 0 Å². The molecule has 0 bridgehead atoms. The van der Waals surface area contributed by atoms with E-state index in [1.807, 2.05) is 26.0 Å². The maximum Gasteiger partial charge on any atom is 0.416 e. The number of ether oxygens (including phenoxy) is 4. The number of carbonyl (C=O) groups is 1. The zero-order valence-corrected chi connectivity index (χ0v) is 21.3. The van der Waals surface area contributed by atoms with Crippen LogP contribution in [0, 0.1) is 0 Å². The first-order valence-electron chi connectivity index (χ1n) is 12.7. The molecule has 5 rings (SSSR count). The standard InChI is InChI=1S/C28H32F3NO5/c1-16-12-32(13-17(2)36-16)14-23-21-7-9-25(22(21)6-8-24(23)28(29,30)31)37-19-4-5-20-18(10-27(33)34-3)15-35-26(20)11-19/h4-6,8,11,16-18,25H,7,9-10,12-15H2,1-3H3/t16?,17?,18-,25-/m1/s1. The Balaban J connectivity index is 1.38. The first-order chi connectivity index (χ1) is 17.6. The number of methoxy groups -OCH3 is 1. The van der Waals surface area contributed by atoms with Gasteiger partial charge in [0.1, 0.15) is 17.6 Å². The molecule has 4 atom stereocenters. The second-order valence-corrected chi connectivity index (χ2v) is 10.2. The number of nitrogens with zero attached hydrogens (tertiary/aromatic N) is 1. The van der Waals surface area contributed by atoms with E-state index in [1.165, 1.54) is 13.2 Å². The predicted molar refractivity (Wildman–Crippen MR) is 130 cm³/mol. The maximum atomic E-state index is 14.0. The molecule has 0 radical (unpaired) electrons. The summed E-state index contributed by atoms with van der Waals surface area (Å²) in [5.41, 5.74) is 2.25. The van der Waals surface area contributed by atoms with Crippen molar-refractivity contribution >= 4 is 5.97 Å². The van der Waals surface area contributed by atoms with Crippen LogP contribution in [-0.4, -0.2) is 49.9 Å². The van der Waals surface area contributed by atoms with Crippen LogP contribution in [0.1, 0.15) is 66.5 Å². The van der Waals surface area contributed by atoms with Gasteiger partial charge in [-0.2, -0.15) is 13.2 Å². The minimum absolute atomic E-state index is 0.0276. The van der Waals surface area contributed by atoms with Crippen molar-refractivity contribution in [1.29, 1.82) is 0 Å². The summed E-state index contributed by atoms with van der Waals surface area (Å²) in [7, 11) is 1.36. The van der Waals surface area contributed by atoms with E-state index < -0.39 is 11.7 Å². The van der Waals surface area contributed by atoms with Crippen molar-refractivity contribution in [3.63, 3.8) is 0 Å². The molecule has 2 aliphatic heterocycles. The van der Waals surface area contributed by atoms with Crippen LogP contribution in [0.5, 0.6) is 11.5 Å². The Bertz CT molecular complexity index is 1160. The minimum atomic E-state index is -4.43. The Morgan fingerprint density at radius 2 is 1.84 bits per heavy atom. The summed E-state index contributed by atoms with van der Waals surface area (Å²) in [5, 5.41) is 0. The van der Waals surface area contributed by atoms with E-state index in [1.54, 1.807) is 12.1 Å². The lowest BCUT2D eigenvalue weighted by Crippen LogP contribution is -2.45. The molecule has 1 aliphatic carbocycles. The first-order valence-corrected chi connectivity index (χ1v) is 12.7. The average molecular weight is 520 g/mol. The molecule has 0 N–H and O–H groups in total. The van der Waals surface area contributed by atoms with E-state index >= 15 is 0 Å². The topological polar surface area (TPSA) is 57.2 Å². The van der Waals surface area contributed by atoms with Crippen molar-refractivity contribution in [2.75, 3.05) is 26.8 Å². The van der Waals surface area contributed by atoms with Crippen molar-refractivity contribution in [2.45, 2.75) is 70.1 Å². The first kappa shape index (κ1) is 25.9. The summed E-state index contributed by atoms with van der Waals surface area (Å²) in [6, 6.07) is 8.29. The summed E-state index contributed by atoms with van der Waals surface area (Å²) in [4.78, 5) is 13.7. The number of hydrogen-bond donors (Lipinski definition) is 0. The predicted octanol–water partition coefficient (Wildman–Crippen LogP) is 5.42. The average Bonchev–Trinajstić information content (AvgIpc) is 3.42. The van der Waals surface area contributed by atoms with Crippen LogP contribution in [0.3, 0.4) is 0 Å². The van der Waals surface area contributed by atoms with Crippen LogP contribution in [0.2, 0.25) is 0 Å². The number of carbonyl (C=O) groups excluding carboxylic acids is 1. The molecule has 37 heavy (non-hydrogen) atoms. The van der Waals surface area contributed by atoms with E-state index in [4.69, 9.17) is 18.9 Å². The fraction of sp³-hybridized carbons (Fsp3) is 0.536. The fourth-order valence-electron chi connectivity index (χ4n) is 5.89. The Morgan fingerprint density at radius 1 is 1.11 bits per heavy atom. The van der Waals surface area contributed by atoms with Gasteiger partial charge in [-0.3, -0.25) is 9.69 Å². The van der Waals surface area contributed by atoms with Crippen molar-refractivity contribution in [2.24, 2.45) is 0 Å². The van der Waals surface area contributed by atoms with Crippen LogP contribution >= 0.6 is 0 Å². The SMILES string of the molecule is COC(=O)C[C@@H]1COc2cc(O[C@@H]3CCc4c3ccc(C(F)(F)F)c4CN3CC(C)OC(C)C3)ccc21. The molecule has 1 saturated heterocycles. The molecule has 9 heteroatoms. The van der Waals surface area contributed by atoms with E-state index in [0.29, 0.717) is 49.6 Å². The number of morpholine rings is 1. The molecule has 0 saturated carbocycles. The normalized spacial score (nSPS) is 25.4. The van der Waals surface area contributed by atoms with E-state index in [0.717, 1.165) is 16.7 Å². The van der Waals surface area contributed by atoms with Gasteiger partial charge in [0.15, 0.2) is 0 Å². The van der Waals surface area contributed by atoms with Gasteiger partial charge >= 0.3 is 12.1 Å². The van der Waals surface area contributed by atoms with Gasteiger partial charge < -0.3 is 18.9 Å². The molecule has 2 heterocycles. The molecule has 200 valence electrons. The molecule has 2 aromatic rings. The highest BCUT2D eigenvalue weighted by Crippen LogP contribution is 2.44. The van der Waals surface area contributed by atoms with E-state index in [-0.39, 0.29) is 43.2 Å². The smallest absolute Gasteiger partial charge is 0.416 e. The summed E-state index contributed by atoms with van der Waals surface area (Å²) in [6.07, 6.45) is -3.46. The van der Waals surface area contributed by atoms with Crippen molar-refractivity contribution < 1.29 is 36.9 Å². The Labute approximate surface area is 214 Å². The molecule has 1 fully saturated rings. The summed E-state index contributed by atoms with van der Waals surface area (Å²) in [5.74, 6) is 0.887. The lowest BCUT2D eigenvalue weighted by molar-refractivity contribution is -0.141. The molecule has 2 unspecified atom stereocenters. The third-order valence-electron chi connectivity index (χ3n) is 7.44. The van der Waals surface area contributed by atoms with Crippen LogP contribution < -0.4 is 9.47 Å². The van der Waals surface area contributed by atoms with Gasteiger partial charge in [-0.05, 0) is 55.5 Å². The van der Waals surface area contributed by atoms with Gasteiger partial charge in [0.25, 0.3) is 0 Å². The third-order valence-corrected chi connectivity index (χ3v) is 7.44. The van der Waals surface area contributed by atoms with Gasteiger partial charge in [0.2, 0.25) is 0 Å². The molecule has 0 aromatic heterocycles. The second kappa shape index (κ2) is 10.2. The number of hydrogen-bond acceptors (Lipinski definition) is 6. The van der Waals surface area contributed by atoms with Gasteiger partial charge in [0, 0.05) is 37.2 Å². The molecule has 6 nitrogen and oxygen atoms in total. The number of halogens is 3. The summed E-state index contributed by atoms with van der Waals surface area (Å²) < 4.78 is 64.6. The molecular weight excluding hydrogens is 487 g/mol. The monoisotopic (exact) mass is 519 g/mol. The van der Waals surface area contributed by atoms with Gasteiger partial charge in [-0.1, -0.05) is 12.1 Å². The fourth-order valence-corrected chi connectivity index (χ4v) is 5.89. The van der Waals surface area contributed by atoms with Crippen LogP contribution in [0.15, 0.2) is 30.3 Å². The maximum absolute atomic E-state index is 14.0. The summed E-state index contributed by atoms with van der Waals surface area (Å²) >= 11 is 0. The largest absolute Gasteiger partial charge is 0.492 e. The third kappa shape index (κ3) is 5.43. The quantitative estimate of drug-likeness (QED) is 0.475. The summed E-state index contributed by atoms with van der Waals surface area (Å²) in [6.45, 7) is 5.71. The van der Waals surface area contributed by atoms with E-state index in [9.17, 15) is 18.0 Å². The number of rotatable bonds is 6. The Morgan fingerprint density at radius 3 is 2.54 bits per heavy atom. The highest BCUT2D eigenvalue weighted by Gasteiger charge is 2.38. The zero-order valence-electron chi connectivity index (χ0n) is 21.3. The van der Waals surface area contributed by atoms with E-state index in [2.05, 4.69) is 4.90 Å². The molecule has 0 spiro atoms.